The van der Waals surface area contributed by atoms with Crippen LogP contribution in [0, 0.1) is 11.6 Å². The number of nitrogens with zero attached hydrogens (tertiary/aromatic N) is 5. The van der Waals surface area contributed by atoms with E-state index < -0.39 is 11.6 Å². The number of fused-ring (bicyclic) bond motifs is 1. The Morgan fingerprint density at radius 1 is 0.842 bits per heavy atom. The number of phenols is 1. The molecule has 38 heavy (non-hydrogen) atoms. The number of phenolic OH excluding ortho intramolecular Hbond substituents is 1. The first-order chi connectivity index (χ1) is 18.5. The van der Waals surface area contributed by atoms with E-state index in [0.29, 0.717) is 35.9 Å². The summed E-state index contributed by atoms with van der Waals surface area (Å²) in [6.45, 7) is 3.12. The molecule has 11 heteroatoms. The van der Waals surface area contributed by atoms with Crippen LogP contribution in [0.3, 0.4) is 0 Å². The first-order valence-electron chi connectivity index (χ1n) is 12.0. The SMILES string of the molecule is Oc1ccc(-n2nc(Nc3c(F)cccc3F)c3cnc(Nc4ccc(N5CCOCC5)cc4)nc32)cc1. The van der Waals surface area contributed by atoms with Crippen LogP contribution < -0.4 is 15.5 Å². The Kier molecular flexibility index (Phi) is 6.18. The van der Waals surface area contributed by atoms with Crippen molar-refractivity contribution < 1.29 is 18.6 Å². The van der Waals surface area contributed by atoms with Crippen LogP contribution in [0.2, 0.25) is 0 Å². The molecule has 0 unspecified atom stereocenters. The monoisotopic (exact) mass is 515 g/mol. The summed E-state index contributed by atoms with van der Waals surface area (Å²) in [4.78, 5) is 11.3. The fourth-order valence-corrected chi connectivity index (χ4v) is 4.27. The van der Waals surface area contributed by atoms with Crippen molar-refractivity contribution in [3.63, 3.8) is 0 Å². The van der Waals surface area contributed by atoms with Crippen LogP contribution in [0.15, 0.2) is 72.9 Å². The summed E-state index contributed by atoms with van der Waals surface area (Å²) in [6, 6.07) is 17.9. The molecule has 0 atom stereocenters. The van der Waals surface area contributed by atoms with Gasteiger partial charge < -0.3 is 25.4 Å². The van der Waals surface area contributed by atoms with Crippen LogP contribution in [0.25, 0.3) is 16.7 Å². The number of aromatic nitrogens is 4. The Morgan fingerprint density at radius 3 is 2.24 bits per heavy atom. The summed E-state index contributed by atoms with van der Waals surface area (Å²) < 4.78 is 35.6. The minimum Gasteiger partial charge on any atom is -0.508 e. The van der Waals surface area contributed by atoms with Gasteiger partial charge in [-0.3, -0.25) is 0 Å². The maximum atomic E-state index is 14.3. The molecule has 192 valence electrons. The molecule has 0 radical (unpaired) electrons. The lowest BCUT2D eigenvalue weighted by Crippen LogP contribution is -2.36. The maximum absolute atomic E-state index is 14.3. The van der Waals surface area contributed by atoms with Gasteiger partial charge in [-0.2, -0.15) is 4.98 Å². The van der Waals surface area contributed by atoms with Crippen LogP contribution in [0.1, 0.15) is 0 Å². The molecule has 1 aliphatic rings. The number of benzene rings is 3. The zero-order chi connectivity index (χ0) is 26.1. The second-order valence-corrected chi connectivity index (χ2v) is 8.70. The minimum absolute atomic E-state index is 0.0921. The van der Waals surface area contributed by atoms with Crippen LogP contribution in [0.4, 0.5) is 37.6 Å². The third-order valence-corrected chi connectivity index (χ3v) is 6.22. The van der Waals surface area contributed by atoms with Crippen molar-refractivity contribution in [2.45, 2.75) is 0 Å². The van der Waals surface area contributed by atoms with E-state index in [9.17, 15) is 13.9 Å². The van der Waals surface area contributed by atoms with Gasteiger partial charge in [0.25, 0.3) is 0 Å². The number of halogens is 2. The summed E-state index contributed by atoms with van der Waals surface area (Å²) in [5, 5.41) is 20.6. The third-order valence-electron chi connectivity index (χ3n) is 6.22. The van der Waals surface area contributed by atoms with E-state index in [1.54, 1.807) is 12.1 Å². The third kappa shape index (κ3) is 4.66. The zero-order valence-corrected chi connectivity index (χ0v) is 20.1. The minimum atomic E-state index is -0.753. The molecule has 0 spiro atoms. The van der Waals surface area contributed by atoms with Crippen molar-refractivity contribution in [3.8, 4) is 11.4 Å². The van der Waals surface area contributed by atoms with Gasteiger partial charge in [-0.15, -0.1) is 5.10 Å². The molecular weight excluding hydrogens is 492 g/mol. The largest absolute Gasteiger partial charge is 0.508 e. The molecule has 3 heterocycles. The predicted octanol–water partition coefficient (Wildman–Crippen LogP) is 5.12. The van der Waals surface area contributed by atoms with Gasteiger partial charge in [0.05, 0.1) is 24.3 Å². The molecule has 0 amide bonds. The van der Waals surface area contributed by atoms with Crippen LogP contribution in [-0.2, 0) is 4.74 Å². The summed E-state index contributed by atoms with van der Waals surface area (Å²) in [7, 11) is 0. The zero-order valence-electron chi connectivity index (χ0n) is 20.1. The van der Waals surface area contributed by atoms with Crippen molar-refractivity contribution in [2.24, 2.45) is 0 Å². The van der Waals surface area contributed by atoms with Gasteiger partial charge in [0, 0.05) is 30.7 Å². The lowest BCUT2D eigenvalue weighted by Gasteiger charge is -2.28. The summed E-state index contributed by atoms with van der Waals surface area (Å²) in [5.74, 6) is -0.915. The van der Waals surface area contributed by atoms with Crippen molar-refractivity contribution in [3.05, 3.63) is 84.6 Å². The van der Waals surface area contributed by atoms with Crippen molar-refractivity contribution in [1.82, 2.24) is 19.7 Å². The molecule has 1 saturated heterocycles. The molecule has 1 fully saturated rings. The van der Waals surface area contributed by atoms with E-state index in [1.165, 1.54) is 29.1 Å². The Balaban J connectivity index is 1.35. The van der Waals surface area contributed by atoms with Crippen molar-refractivity contribution in [1.29, 1.82) is 0 Å². The average Bonchev–Trinajstić information content (AvgIpc) is 3.30. The van der Waals surface area contributed by atoms with Crippen molar-refractivity contribution in [2.75, 3.05) is 41.8 Å². The van der Waals surface area contributed by atoms with Gasteiger partial charge in [-0.1, -0.05) is 6.07 Å². The highest BCUT2D eigenvalue weighted by Gasteiger charge is 2.18. The number of hydrogen-bond acceptors (Lipinski definition) is 8. The van der Waals surface area contributed by atoms with Gasteiger partial charge in [-0.05, 0) is 60.7 Å². The summed E-state index contributed by atoms with van der Waals surface area (Å²) >= 11 is 0. The maximum Gasteiger partial charge on any atom is 0.229 e. The highest BCUT2D eigenvalue weighted by Crippen LogP contribution is 2.30. The molecule has 1 aliphatic heterocycles. The number of ether oxygens (including phenoxy) is 1. The predicted molar refractivity (Wildman–Crippen MR) is 141 cm³/mol. The van der Waals surface area contributed by atoms with Crippen LogP contribution in [0.5, 0.6) is 5.75 Å². The van der Waals surface area contributed by atoms with E-state index >= 15 is 0 Å². The fourth-order valence-electron chi connectivity index (χ4n) is 4.27. The second-order valence-electron chi connectivity index (χ2n) is 8.70. The number of para-hydroxylation sites is 1. The van der Waals surface area contributed by atoms with Gasteiger partial charge >= 0.3 is 0 Å². The summed E-state index contributed by atoms with van der Waals surface area (Å²) in [6.07, 6.45) is 1.54. The lowest BCUT2D eigenvalue weighted by molar-refractivity contribution is 0.122. The topological polar surface area (TPSA) is 100 Å². The number of anilines is 5. The molecule has 3 aromatic carbocycles. The van der Waals surface area contributed by atoms with Gasteiger partial charge in [0.2, 0.25) is 5.95 Å². The molecule has 0 saturated carbocycles. The Morgan fingerprint density at radius 2 is 1.53 bits per heavy atom. The molecule has 5 aromatic rings. The van der Waals surface area contributed by atoms with Crippen LogP contribution >= 0.6 is 0 Å². The molecule has 0 bridgehead atoms. The van der Waals surface area contributed by atoms with E-state index in [0.717, 1.165) is 36.6 Å². The molecule has 3 N–H and O–H groups in total. The van der Waals surface area contributed by atoms with Gasteiger partial charge in [0.1, 0.15) is 23.1 Å². The van der Waals surface area contributed by atoms with E-state index in [-0.39, 0.29) is 17.3 Å². The fraction of sp³-hybridized carbons (Fsp3) is 0.148. The lowest BCUT2D eigenvalue weighted by atomic mass is 10.2. The van der Waals surface area contributed by atoms with Gasteiger partial charge in [-0.25, -0.2) is 18.4 Å². The second kappa shape index (κ2) is 9.94. The Labute approximate surface area is 216 Å². The molecule has 9 nitrogen and oxygen atoms in total. The number of rotatable bonds is 6. The standard InChI is InChI=1S/C27H23F2N7O2/c28-22-2-1-3-23(29)24(22)32-25-21-16-30-27(33-26(21)36(34-25)19-8-10-20(37)11-9-19)31-17-4-6-18(7-5-17)35-12-14-38-15-13-35/h1-11,16,37H,12-15H2,(H,32,34)(H,30,31,33). The number of morpholine rings is 1. The van der Waals surface area contributed by atoms with E-state index in [1.807, 2.05) is 24.3 Å². The molecule has 2 aromatic heterocycles. The molecule has 0 aliphatic carbocycles. The summed E-state index contributed by atoms with van der Waals surface area (Å²) in [5.41, 5.74) is 2.57. The van der Waals surface area contributed by atoms with E-state index in [4.69, 9.17) is 4.74 Å². The Hall–Kier alpha value is -4.77. The van der Waals surface area contributed by atoms with Crippen molar-refractivity contribution >= 4 is 39.9 Å². The quantitative estimate of drug-likeness (QED) is 0.287. The molecule has 6 rings (SSSR count). The van der Waals surface area contributed by atoms with E-state index in [2.05, 4.69) is 30.6 Å². The number of aromatic hydroxyl groups is 1. The smallest absolute Gasteiger partial charge is 0.229 e. The molecular formula is C27H23F2N7O2. The van der Waals surface area contributed by atoms with Gasteiger partial charge in [0.15, 0.2) is 11.5 Å². The normalized spacial score (nSPS) is 13.6. The highest BCUT2D eigenvalue weighted by atomic mass is 19.1. The number of nitrogens with one attached hydrogen (secondary N) is 2. The first-order valence-corrected chi connectivity index (χ1v) is 12.0. The first kappa shape index (κ1) is 23.6. The number of hydrogen-bond donors (Lipinski definition) is 3. The average molecular weight is 516 g/mol. The van der Waals surface area contributed by atoms with Crippen LogP contribution in [-0.4, -0.2) is 51.2 Å². The highest BCUT2D eigenvalue weighted by molar-refractivity contribution is 5.90. The Bertz CT molecular complexity index is 1560.